The smallest absolute Gasteiger partial charge is 0.125 e. The Hall–Kier alpha value is -1.28. The average Bonchev–Trinajstić information content (AvgIpc) is 2.42. The molecule has 0 saturated heterocycles. The third-order valence-electron chi connectivity index (χ3n) is 2.55. The number of nitrogens with one attached hydrogen (secondary N) is 1. The fourth-order valence-corrected chi connectivity index (χ4v) is 1.80. The first-order valence-corrected chi connectivity index (χ1v) is 6.64. The lowest BCUT2D eigenvalue weighted by atomic mass is 10.2. The van der Waals surface area contributed by atoms with Crippen molar-refractivity contribution in [3.63, 3.8) is 0 Å². The molecule has 0 saturated carbocycles. The van der Waals surface area contributed by atoms with E-state index in [1.807, 2.05) is 18.2 Å². The number of benzene rings is 1. The van der Waals surface area contributed by atoms with Gasteiger partial charge >= 0.3 is 0 Å². The minimum absolute atomic E-state index is 0.502. The van der Waals surface area contributed by atoms with Gasteiger partial charge in [0.25, 0.3) is 0 Å². The molecule has 0 bridgehead atoms. The van der Waals surface area contributed by atoms with Gasteiger partial charge in [-0.3, -0.25) is 0 Å². The number of methoxy groups -OCH3 is 1. The monoisotopic (exact) mass is 282 g/mol. The van der Waals surface area contributed by atoms with Gasteiger partial charge in [0.1, 0.15) is 5.75 Å². The second-order valence-electron chi connectivity index (χ2n) is 4.00. The predicted molar refractivity (Wildman–Crippen MR) is 75.4 cm³/mol. The van der Waals surface area contributed by atoms with Crippen molar-refractivity contribution < 1.29 is 9.47 Å². The van der Waals surface area contributed by atoms with Crippen LogP contribution < -0.4 is 10.1 Å². The number of rotatable bonds is 9. The highest BCUT2D eigenvalue weighted by atomic mass is 35.5. The lowest BCUT2D eigenvalue weighted by Gasteiger charge is -2.13. The van der Waals surface area contributed by atoms with E-state index in [9.17, 15) is 0 Å². The van der Waals surface area contributed by atoms with E-state index in [1.165, 1.54) is 0 Å². The van der Waals surface area contributed by atoms with Crippen molar-refractivity contribution in [2.75, 3.05) is 26.9 Å². The number of nitrogens with zero attached hydrogens (tertiary/aromatic N) is 1. The molecule has 1 N–H and O–H groups in total. The van der Waals surface area contributed by atoms with Crippen LogP contribution in [-0.4, -0.2) is 26.9 Å². The molecule has 4 nitrogen and oxygen atoms in total. The van der Waals surface area contributed by atoms with Crippen LogP contribution in [0.2, 0.25) is 5.02 Å². The molecule has 1 aromatic carbocycles. The van der Waals surface area contributed by atoms with Gasteiger partial charge in [-0.2, -0.15) is 5.26 Å². The van der Waals surface area contributed by atoms with Crippen LogP contribution in [-0.2, 0) is 11.3 Å². The van der Waals surface area contributed by atoms with Crippen molar-refractivity contribution in [3.05, 3.63) is 28.8 Å². The van der Waals surface area contributed by atoms with Gasteiger partial charge in [-0.05, 0) is 18.6 Å². The molecule has 0 aliphatic carbocycles. The van der Waals surface area contributed by atoms with Gasteiger partial charge < -0.3 is 14.8 Å². The summed E-state index contributed by atoms with van der Waals surface area (Å²) in [6.45, 7) is 2.58. The van der Waals surface area contributed by atoms with Crippen LogP contribution in [0.5, 0.6) is 5.75 Å². The van der Waals surface area contributed by atoms with Crippen LogP contribution in [0.4, 0.5) is 0 Å². The molecule has 19 heavy (non-hydrogen) atoms. The Morgan fingerprint density at radius 1 is 1.37 bits per heavy atom. The van der Waals surface area contributed by atoms with Gasteiger partial charge in [0.15, 0.2) is 0 Å². The fourth-order valence-electron chi connectivity index (χ4n) is 1.57. The number of halogens is 1. The predicted octanol–water partition coefficient (Wildman–Crippen LogP) is 2.76. The highest BCUT2D eigenvalue weighted by Crippen LogP contribution is 2.26. The molecule has 0 atom stereocenters. The Kier molecular flexibility index (Phi) is 7.99. The van der Waals surface area contributed by atoms with Crippen molar-refractivity contribution >= 4 is 11.6 Å². The summed E-state index contributed by atoms with van der Waals surface area (Å²) in [5.41, 5.74) is 0.942. The normalized spacial score (nSPS) is 10.2. The zero-order valence-electron chi connectivity index (χ0n) is 11.1. The van der Waals surface area contributed by atoms with Gasteiger partial charge in [-0.1, -0.05) is 17.7 Å². The summed E-state index contributed by atoms with van der Waals surface area (Å²) in [6, 6.07) is 7.70. The molecule has 0 amide bonds. The van der Waals surface area contributed by atoms with Crippen molar-refractivity contribution in [3.8, 4) is 11.8 Å². The highest BCUT2D eigenvalue weighted by molar-refractivity contribution is 6.31. The summed E-state index contributed by atoms with van der Waals surface area (Å²) < 4.78 is 10.6. The lowest BCUT2D eigenvalue weighted by molar-refractivity contribution is 0.199. The summed E-state index contributed by atoms with van der Waals surface area (Å²) in [7, 11) is 1.67. The molecule has 0 aromatic heterocycles. The molecule has 0 heterocycles. The SMILES string of the molecule is COCCNCc1c(Cl)cccc1OCCCC#N. The number of ether oxygens (including phenoxy) is 2. The van der Waals surface area contributed by atoms with Crippen LogP contribution >= 0.6 is 11.6 Å². The van der Waals surface area contributed by atoms with E-state index < -0.39 is 0 Å². The van der Waals surface area contributed by atoms with Gasteiger partial charge in [-0.15, -0.1) is 0 Å². The first-order valence-electron chi connectivity index (χ1n) is 6.26. The molecule has 0 fully saturated rings. The molecule has 0 aliphatic rings. The van der Waals surface area contributed by atoms with Crippen molar-refractivity contribution in [1.29, 1.82) is 5.26 Å². The first kappa shape index (κ1) is 15.8. The topological polar surface area (TPSA) is 54.3 Å². The molecule has 1 aromatic rings. The Labute approximate surface area is 119 Å². The maximum atomic E-state index is 8.48. The molecule has 0 unspecified atom stereocenters. The van der Waals surface area contributed by atoms with E-state index in [0.29, 0.717) is 31.2 Å². The molecular formula is C14H19ClN2O2. The highest BCUT2D eigenvalue weighted by Gasteiger charge is 2.07. The van der Waals surface area contributed by atoms with Gasteiger partial charge in [0.05, 0.1) is 19.3 Å². The molecule has 0 aliphatic heterocycles. The van der Waals surface area contributed by atoms with Crippen molar-refractivity contribution in [2.24, 2.45) is 0 Å². The van der Waals surface area contributed by atoms with Crippen molar-refractivity contribution in [1.82, 2.24) is 5.32 Å². The van der Waals surface area contributed by atoms with E-state index >= 15 is 0 Å². The van der Waals surface area contributed by atoms with Crippen LogP contribution in [0.25, 0.3) is 0 Å². The quantitative estimate of drug-likeness (QED) is 0.708. The third-order valence-corrected chi connectivity index (χ3v) is 2.91. The minimum atomic E-state index is 0.502. The van der Waals surface area contributed by atoms with E-state index in [1.54, 1.807) is 7.11 Å². The number of hydrogen-bond donors (Lipinski definition) is 1. The number of hydrogen-bond acceptors (Lipinski definition) is 4. The zero-order chi connectivity index (χ0) is 13.9. The third kappa shape index (κ3) is 5.93. The lowest BCUT2D eigenvalue weighted by Crippen LogP contribution is -2.19. The molecular weight excluding hydrogens is 264 g/mol. The maximum absolute atomic E-state index is 8.48. The molecule has 5 heteroatoms. The molecule has 0 radical (unpaired) electrons. The standard InChI is InChI=1S/C14H19ClN2O2/c1-18-10-8-17-11-12-13(15)5-4-6-14(12)19-9-3-2-7-16/h4-6,17H,2-3,8-11H2,1H3. The largest absolute Gasteiger partial charge is 0.493 e. The maximum Gasteiger partial charge on any atom is 0.125 e. The second-order valence-corrected chi connectivity index (χ2v) is 4.40. The average molecular weight is 283 g/mol. The Morgan fingerprint density at radius 3 is 2.95 bits per heavy atom. The summed E-state index contributed by atoms with van der Waals surface area (Å²) in [5, 5.41) is 12.4. The zero-order valence-corrected chi connectivity index (χ0v) is 11.9. The summed E-state index contributed by atoms with van der Waals surface area (Å²) in [4.78, 5) is 0. The van der Waals surface area contributed by atoms with Crippen LogP contribution in [0, 0.1) is 11.3 Å². The van der Waals surface area contributed by atoms with E-state index in [4.69, 9.17) is 26.3 Å². The Morgan fingerprint density at radius 2 is 2.21 bits per heavy atom. The molecule has 0 spiro atoms. The van der Waals surface area contributed by atoms with Crippen molar-refractivity contribution in [2.45, 2.75) is 19.4 Å². The van der Waals surface area contributed by atoms with Crippen LogP contribution in [0.3, 0.4) is 0 Å². The molecule has 1 rings (SSSR count). The number of nitriles is 1. The summed E-state index contributed by atoms with van der Waals surface area (Å²) in [5.74, 6) is 0.773. The van der Waals surface area contributed by atoms with E-state index in [-0.39, 0.29) is 0 Å². The van der Waals surface area contributed by atoms with Gasteiger partial charge in [0, 0.05) is 37.2 Å². The Balaban J connectivity index is 2.54. The minimum Gasteiger partial charge on any atom is -0.493 e. The fraction of sp³-hybridized carbons (Fsp3) is 0.500. The van der Waals surface area contributed by atoms with Gasteiger partial charge in [0.2, 0.25) is 0 Å². The van der Waals surface area contributed by atoms with E-state index in [0.717, 1.165) is 24.3 Å². The summed E-state index contributed by atoms with van der Waals surface area (Å²) >= 11 is 6.18. The molecule has 104 valence electrons. The van der Waals surface area contributed by atoms with Crippen LogP contribution in [0.1, 0.15) is 18.4 Å². The second kappa shape index (κ2) is 9.62. The first-order chi connectivity index (χ1) is 9.29. The summed E-state index contributed by atoms with van der Waals surface area (Å²) in [6.07, 6.45) is 1.22. The van der Waals surface area contributed by atoms with Crippen LogP contribution in [0.15, 0.2) is 18.2 Å². The Bertz CT molecular complexity index is 418. The van der Waals surface area contributed by atoms with E-state index in [2.05, 4.69) is 11.4 Å². The number of unbranched alkanes of at least 4 members (excludes halogenated alkanes) is 1. The van der Waals surface area contributed by atoms with Gasteiger partial charge in [-0.25, -0.2) is 0 Å².